The molecule has 0 saturated heterocycles. The lowest BCUT2D eigenvalue weighted by Crippen LogP contribution is -2.29. The van der Waals surface area contributed by atoms with Crippen LogP contribution in [-0.4, -0.2) is 18.2 Å². The zero-order valence-corrected chi connectivity index (χ0v) is 9.75. The lowest BCUT2D eigenvalue weighted by molar-refractivity contribution is -0.114. The third-order valence-electron chi connectivity index (χ3n) is 2.33. The van der Waals surface area contributed by atoms with E-state index in [1.54, 1.807) is 0 Å². The van der Waals surface area contributed by atoms with Crippen LogP contribution in [0.25, 0.3) is 0 Å². The third kappa shape index (κ3) is 1.48. The first-order valence-corrected chi connectivity index (χ1v) is 5.31. The van der Waals surface area contributed by atoms with Crippen molar-refractivity contribution in [3.63, 3.8) is 0 Å². The zero-order chi connectivity index (χ0) is 11.9. The Hall–Kier alpha value is -1.49. The Morgan fingerprint density at radius 1 is 1.44 bits per heavy atom. The molecule has 1 aromatic rings. The highest BCUT2D eigenvalue weighted by atomic mass is 79.9. The maximum Gasteiger partial charge on any atom is 0.299 e. The van der Waals surface area contributed by atoms with Crippen LogP contribution in [0.15, 0.2) is 29.3 Å². The van der Waals surface area contributed by atoms with Crippen LogP contribution in [0.3, 0.4) is 0 Å². The number of carbonyl (C=O) groups is 2. The van der Waals surface area contributed by atoms with Crippen molar-refractivity contribution in [2.24, 2.45) is 0 Å². The molecule has 0 aliphatic carbocycles. The van der Waals surface area contributed by atoms with E-state index in [-0.39, 0.29) is 16.6 Å². The van der Waals surface area contributed by atoms with Crippen molar-refractivity contribution >= 4 is 33.3 Å². The van der Waals surface area contributed by atoms with E-state index in [1.165, 1.54) is 23.1 Å². The van der Waals surface area contributed by atoms with Gasteiger partial charge in [-0.05, 0) is 28.1 Å². The van der Waals surface area contributed by atoms with E-state index in [2.05, 4.69) is 22.5 Å². The summed E-state index contributed by atoms with van der Waals surface area (Å²) >= 11 is 2.98. The van der Waals surface area contributed by atoms with Gasteiger partial charge in [0.15, 0.2) is 0 Å². The van der Waals surface area contributed by atoms with Crippen molar-refractivity contribution in [3.8, 4) is 0 Å². The molecule has 1 aliphatic rings. The van der Waals surface area contributed by atoms with Crippen LogP contribution in [0.2, 0.25) is 0 Å². The number of Topliss-reactive ketones (excluding diaryl/α,β-unsaturated/α-hetero) is 1. The van der Waals surface area contributed by atoms with Crippen molar-refractivity contribution in [1.29, 1.82) is 0 Å². The molecule has 0 aromatic heterocycles. The highest BCUT2D eigenvalue weighted by molar-refractivity contribution is 9.10. The smallest absolute Gasteiger partial charge is 0.299 e. The molecule has 1 heterocycles. The average Bonchev–Trinajstić information content (AvgIpc) is 2.46. The molecule has 0 radical (unpaired) electrons. The van der Waals surface area contributed by atoms with Gasteiger partial charge in [-0.15, -0.1) is 6.58 Å². The largest absolute Gasteiger partial charge is 0.301 e. The average molecular weight is 284 g/mol. The van der Waals surface area contributed by atoms with Gasteiger partial charge in [-0.1, -0.05) is 6.08 Å². The first kappa shape index (κ1) is 11.0. The van der Waals surface area contributed by atoms with E-state index in [9.17, 15) is 14.0 Å². The Bertz CT molecular complexity index is 513. The number of ketones is 1. The third-order valence-corrected chi connectivity index (χ3v) is 2.93. The molecule has 0 saturated carbocycles. The van der Waals surface area contributed by atoms with E-state index in [4.69, 9.17) is 0 Å². The molecule has 3 nitrogen and oxygen atoms in total. The van der Waals surface area contributed by atoms with Crippen molar-refractivity contribution in [2.75, 3.05) is 11.4 Å². The molecule has 2 rings (SSSR count). The molecule has 5 heteroatoms. The van der Waals surface area contributed by atoms with Crippen molar-refractivity contribution in [3.05, 3.63) is 40.6 Å². The molecule has 1 amide bonds. The van der Waals surface area contributed by atoms with Crippen LogP contribution < -0.4 is 4.90 Å². The molecule has 1 aromatic carbocycles. The van der Waals surface area contributed by atoms with Gasteiger partial charge in [0.1, 0.15) is 5.82 Å². The Balaban J connectivity index is 2.61. The van der Waals surface area contributed by atoms with E-state index in [0.717, 1.165) is 0 Å². The summed E-state index contributed by atoms with van der Waals surface area (Å²) in [5, 5.41) is 0. The van der Waals surface area contributed by atoms with Gasteiger partial charge >= 0.3 is 0 Å². The van der Waals surface area contributed by atoms with Crippen molar-refractivity contribution < 1.29 is 14.0 Å². The molecule has 0 fully saturated rings. The summed E-state index contributed by atoms with van der Waals surface area (Å²) < 4.78 is 13.5. The predicted molar refractivity (Wildman–Crippen MR) is 61.0 cm³/mol. The van der Waals surface area contributed by atoms with E-state index in [0.29, 0.717) is 5.69 Å². The van der Waals surface area contributed by atoms with Gasteiger partial charge in [-0.25, -0.2) is 4.39 Å². The van der Waals surface area contributed by atoms with Crippen LogP contribution in [0.5, 0.6) is 0 Å². The number of amides is 1. The summed E-state index contributed by atoms with van der Waals surface area (Å²) in [5.41, 5.74) is 0.524. The molecule has 0 atom stereocenters. The molecular formula is C11H7BrFNO2. The Morgan fingerprint density at radius 3 is 2.75 bits per heavy atom. The summed E-state index contributed by atoms with van der Waals surface area (Å²) in [6, 6.07) is 2.50. The minimum atomic E-state index is -0.646. The number of carbonyl (C=O) groups excluding carboxylic acids is 2. The number of nitrogens with zero attached hydrogens (tertiary/aromatic N) is 1. The van der Waals surface area contributed by atoms with E-state index >= 15 is 0 Å². The Labute approximate surface area is 99.7 Å². The molecule has 16 heavy (non-hydrogen) atoms. The molecule has 0 unspecified atom stereocenters. The van der Waals surface area contributed by atoms with Gasteiger partial charge in [-0.2, -0.15) is 0 Å². The van der Waals surface area contributed by atoms with Crippen LogP contribution in [0.4, 0.5) is 10.1 Å². The van der Waals surface area contributed by atoms with Crippen LogP contribution in [-0.2, 0) is 4.79 Å². The molecule has 0 spiro atoms. The maximum absolute atomic E-state index is 13.3. The Kier molecular flexibility index (Phi) is 2.63. The normalized spacial score (nSPS) is 14.2. The topological polar surface area (TPSA) is 37.4 Å². The lowest BCUT2D eigenvalue weighted by atomic mass is 10.1. The van der Waals surface area contributed by atoms with Gasteiger partial charge in [0.05, 0.1) is 15.7 Å². The van der Waals surface area contributed by atoms with E-state index in [1.807, 2.05) is 0 Å². The zero-order valence-electron chi connectivity index (χ0n) is 8.17. The Morgan fingerprint density at radius 2 is 2.12 bits per heavy atom. The highest BCUT2D eigenvalue weighted by Gasteiger charge is 2.35. The second-order valence-corrected chi connectivity index (χ2v) is 4.17. The number of rotatable bonds is 2. The summed E-state index contributed by atoms with van der Waals surface area (Å²) in [4.78, 5) is 24.4. The second kappa shape index (κ2) is 3.83. The summed E-state index contributed by atoms with van der Waals surface area (Å²) in [6.45, 7) is 3.68. The number of hydrogen-bond donors (Lipinski definition) is 0. The predicted octanol–water partition coefficient (Wildman–Crippen LogP) is 2.30. The number of hydrogen-bond acceptors (Lipinski definition) is 2. The van der Waals surface area contributed by atoms with Gasteiger partial charge in [0.25, 0.3) is 11.7 Å². The first-order chi connectivity index (χ1) is 7.56. The molecule has 1 aliphatic heterocycles. The molecule has 0 N–H and O–H groups in total. The summed E-state index contributed by atoms with van der Waals surface area (Å²) in [6.07, 6.45) is 1.49. The number of anilines is 1. The fraction of sp³-hybridized carbons (Fsp3) is 0.0909. The number of benzene rings is 1. The minimum Gasteiger partial charge on any atom is -0.301 e. The quantitative estimate of drug-likeness (QED) is 0.617. The maximum atomic E-state index is 13.3. The van der Waals surface area contributed by atoms with Crippen LogP contribution in [0.1, 0.15) is 10.4 Å². The summed E-state index contributed by atoms with van der Waals surface area (Å²) in [7, 11) is 0. The molecule has 0 bridgehead atoms. The van der Waals surface area contributed by atoms with E-state index < -0.39 is 17.5 Å². The highest BCUT2D eigenvalue weighted by Crippen LogP contribution is 2.32. The van der Waals surface area contributed by atoms with Crippen molar-refractivity contribution in [2.45, 2.75) is 0 Å². The number of fused-ring (bicyclic) bond motifs is 1. The minimum absolute atomic E-state index is 0.174. The van der Waals surface area contributed by atoms with Crippen LogP contribution >= 0.6 is 15.9 Å². The summed E-state index contributed by atoms with van der Waals surface area (Å²) in [5.74, 6) is -1.76. The van der Waals surface area contributed by atoms with Gasteiger partial charge in [0, 0.05) is 6.54 Å². The number of halogens is 2. The van der Waals surface area contributed by atoms with Crippen LogP contribution in [0, 0.1) is 5.82 Å². The fourth-order valence-electron chi connectivity index (χ4n) is 1.60. The first-order valence-electron chi connectivity index (χ1n) is 4.52. The van der Waals surface area contributed by atoms with Crippen molar-refractivity contribution in [1.82, 2.24) is 0 Å². The monoisotopic (exact) mass is 283 g/mol. The molecule has 82 valence electrons. The van der Waals surface area contributed by atoms with Gasteiger partial charge in [0.2, 0.25) is 0 Å². The molecular weight excluding hydrogens is 277 g/mol. The van der Waals surface area contributed by atoms with Gasteiger partial charge in [-0.3, -0.25) is 9.59 Å². The fourth-order valence-corrected chi connectivity index (χ4v) is 1.94. The lowest BCUT2D eigenvalue weighted by Gasteiger charge is -2.13. The second-order valence-electron chi connectivity index (χ2n) is 3.32. The standard InChI is InChI=1S/C11H7BrFNO2/c1-2-3-14-9-5-8(13)7(12)4-6(9)10(15)11(14)16/h2,4-5H,1,3H2. The van der Waals surface area contributed by atoms with Gasteiger partial charge < -0.3 is 4.90 Å². The SMILES string of the molecule is C=CCN1C(=O)C(=O)c2cc(Br)c(F)cc21.